The molecule has 3 heterocycles. The number of piperidine rings is 1. The van der Waals surface area contributed by atoms with Crippen LogP contribution >= 0.6 is 11.3 Å². The highest BCUT2D eigenvalue weighted by molar-refractivity contribution is 7.10. The van der Waals surface area contributed by atoms with Crippen molar-refractivity contribution in [3.63, 3.8) is 0 Å². The second-order valence-corrected chi connectivity index (χ2v) is 10.3. The van der Waals surface area contributed by atoms with Crippen LogP contribution in [0.3, 0.4) is 0 Å². The number of halogens is 1. The van der Waals surface area contributed by atoms with E-state index in [4.69, 9.17) is 0 Å². The largest absolute Gasteiger partial charge is 0.342 e. The van der Waals surface area contributed by atoms with Crippen LogP contribution in [0.5, 0.6) is 0 Å². The number of thiazole rings is 1. The zero-order valence-corrected chi connectivity index (χ0v) is 19.8. The van der Waals surface area contributed by atoms with Gasteiger partial charge in [0, 0.05) is 41.6 Å². The summed E-state index contributed by atoms with van der Waals surface area (Å²) in [5.41, 5.74) is 2.05. The molecule has 1 aromatic carbocycles. The van der Waals surface area contributed by atoms with Gasteiger partial charge in [-0.05, 0) is 30.5 Å². The Morgan fingerprint density at radius 2 is 1.91 bits per heavy atom. The fraction of sp³-hybridized carbons (Fsp3) is 0.417. The average molecular weight is 470 g/mol. The van der Waals surface area contributed by atoms with Gasteiger partial charge in [-0.3, -0.25) is 14.7 Å². The number of hydrogen-bond acceptors (Lipinski definition) is 5. The summed E-state index contributed by atoms with van der Waals surface area (Å²) in [6.45, 7) is 7.50. The molecule has 0 radical (unpaired) electrons. The monoisotopic (exact) mass is 469 g/mol. The fourth-order valence-electron chi connectivity index (χ4n) is 3.79. The number of carbonyl (C=O) groups is 2. The van der Waals surface area contributed by atoms with E-state index >= 15 is 0 Å². The maximum atomic E-state index is 13.1. The molecule has 0 spiro atoms. The van der Waals surface area contributed by atoms with Gasteiger partial charge in [0.2, 0.25) is 5.91 Å². The first-order valence-corrected chi connectivity index (χ1v) is 11.9. The van der Waals surface area contributed by atoms with E-state index < -0.39 is 0 Å². The number of carbonyl (C=O) groups excluding carboxylic acids is 2. The van der Waals surface area contributed by atoms with Crippen molar-refractivity contribution < 1.29 is 14.0 Å². The number of amides is 2. The lowest BCUT2D eigenvalue weighted by Crippen LogP contribution is -2.38. The molecule has 9 heteroatoms. The Morgan fingerprint density at radius 1 is 1.21 bits per heavy atom. The zero-order chi connectivity index (χ0) is 23.6. The topological polar surface area (TPSA) is 91.0 Å². The third-order valence-electron chi connectivity index (χ3n) is 5.85. The van der Waals surface area contributed by atoms with Crippen LogP contribution in [0.1, 0.15) is 66.3 Å². The quantitative estimate of drug-likeness (QED) is 0.575. The van der Waals surface area contributed by atoms with Crippen molar-refractivity contribution in [2.24, 2.45) is 0 Å². The minimum Gasteiger partial charge on any atom is -0.342 e. The van der Waals surface area contributed by atoms with E-state index in [0.717, 1.165) is 29.1 Å². The molecule has 2 aromatic heterocycles. The van der Waals surface area contributed by atoms with Crippen LogP contribution in [-0.4, -0.2) is 45.0 Å². The van der Waals surface area contributed by atoms with Gasteiger partial charge < -0.3 is 10.2 Å². The van der Waals surface area contributed by atoms with Gasteiger partial charge in [0.05, 0.1) is 11.4 Å². The molecular formula is C24H28FN5O2S. The predicted octanol–water partition coefficient (Wildman–Crippen LogP) is 4.50. The molecule has 4 rings (SSSR count). The van der Waals surface area contributed by atoms with Crippen molar-refractivity contribution in [2.45, 2.75) is 51.4 Å². The van der Waals surface area contributed by atoms with E-state index in [9.17, 15) is 14.0 Å². The Hall–Kier alpha value is -3.07. The van der Waals surface area contributed by atoms with E-state index in [1.807, 2.05) is 11.0 Å². The number of nitrogens with one attached hydrogen (secondary N) is 2. The molecule has 2 amide bonds. The molecule has 1 fully saturated rings. The maximum Gasteiger partial charge on any atom is 0.276 e. The Balaban J connectivity index is 1.30. The summed E-state index contributed by atoms with van der Waals surface area (Å²) >= 11 is 1.48. The number of benzene rings is 1. The molecule has 7 nitrogen and oxygen atoms in total. The number of nitrogens with zero attached hydrogens (tertiary/aromatic N) is 3. The highest BCUT2D eigenvalue weighted by Crippen LogP contribution is 2.31. The molecule has 0 aliphatic carbocycles. The molecule has 0 atom stereocenters. The van der Waals surface area contributed by atoms with Crippen LogP contribution in [0.25, 0.3) is 0 Å². The number of hydrogen-bond donors (Lipinski definition) is 2. The lowest BCUT2D eigenvalue weighted by atomic mass is 9.92. The van der Waals surface area contributed by atoms with Gasteiger partial charge in [-0.25, -0.2) is 9.37 Å². The van der Waals surface area contributed by atoms with Gasteiger partial charge in [-0.1, -0.05) is 32.9 Å². The SMILES string of the molecule is CC(C)(C)c1cc(NC(=O)c2csc(C3CCN(C(=O)Cc4ccc(F)cc4)CC3)n2)n[nH]1. The Bertz CT molecular complexity index is 1120. The van der Waals surface area contributed by atoms with E-state index in [1.165, 1.54) is 23.5 Å². The number of rotatable bonds is 5. The number of aromatic amines is 1. The van der Waals surface area contributed by atoms with Crippen LogP contribution in [0.4, 0.5) is 10.2 Å². The van der Waals surface area contributed by atoms with Gasteiger partial charge in [0.15, 0.2) is 5.82 Å². The number of H-pyrrole nitrogens is 1. The van der Waals surface area contributed by atoms with Crippen molar-refractivity contribution in [1.29, 1.82) is 0 Å². The van der Waals surface area contributed by atoms with E-state index in [0.29, 0.717) is 24.6 Å². The lowest BCUT2D eigenvalue weighted by molar-refractivity contribution is -0.131. The smallest absolute Gasteiger partial charge is 0.276 e. The van der Waals surface area contributed by atoms with E-state index in [-0.39, 0.29) is 35.4 Å². The summed E-state index contributed by atoms with van der Waals surface area (Å²) in [6, 6.07) is 7.88. The van der Waals surface area contributed by atoms with Crippen molar-refractivity contribution in [3.05, 3.63) is 63.5 Å². The third-order valence-corrected chi connectivity index (χ3v) is 6.85. The molecule has 33 heavy (non-hydrogen) atoms. The molecule has 2 N–H and O–H groups in total. The number of aromatic nitrogens is 3. The Morgan fingerprint density at radius 3 is 2.55 bits per heavy atom. The minimum atomic E-state index is -0.303. The molecule has 1 saturated heterocycles. The van der Waals surface area contributed by atoms with Crippen molar-refractivity contribution in [3.8, 4) is 0 Å². The zero-order valence-electron chi connectivity index (χ0n) is 19.0. The summed E-state index contributed by atoms with van der Waals surface area (Å²) in [4.78, 5) is 31.6. The second kappa shape index (κ2) is 9.43. The van der Waals surface area contributed by atoms with Gasteiger partial charge in [-0.15, -0.1) is 11.3 Å². The summed E-state index contributed by atoms with van der Waals surface area (Å²) < 4.78 is 13.1. The standard InChI is InChI=1S/C24H28FN5O2S/c1-24(2,3)19-13-20(29-28-19)27-22(32)18-14-33-23(26-18)16-8-10-30(11-9-16)21(31)12-15-4-6-17(25)7-5-15/h4-7,13-14,16H,8-12H2,1-3H3,(H2,27,28,29,32). The summed E-state index contributed by atoms with van der Waals surface area (Å²) in [7, 11) is 0. The second-order valence-electron chi connectivity index (χ2n) is 9.40. The minimum absolute atomic E-state index is 0.0490. The Labute approximate surface area is 196 Å². The molecule has 3 aromatic rings. The summed E-state index contributed by atoms with van der Waals surface area (Å²) in [5.74, 6) is 0.170. The van der Waals surface area contributed by atoms with Crippen molar-refractivity contribution in [1.82, 2.24) is 20.1 Å². The highest BCUT2D eigenvalue weighted by Gasteiger charge is 2.26. The molecule has 1 aliphatic rings. The summed E-state index contributed by atoms with van der Waals surface area (Å²) in [5, 5.41) is 12.6. The molecule has 174 valence electrons. The number of anilines is 1. The van der Waals surface area contributed by atoms with Crippen LogP contribution in [0.15, 0.2) is 35.7 Å². The van der Waals surface area contributed by atoms with E-state index in [2.05, 4.69) is 41.3 Å². The first-order valence-electron chi connectivity index (χ1n) is 11.0. The third kappa shape index (κ3) is 5.65. The average Bonchev–Trinajstić information content (AvgIpc) is 3.45. The van der Waals surface area contributed by atoms with E-state index in [1.54, 1.807) is 17.5 Å². The fourth-order valence-corrected chi connectivity index (χ4v) is 4.77. The van der Waals surface area contributed by atoms with Crippen LogP contribution < -0.4 is 5.32 Å². The van der Waals surface area contributed by atoms with Crippen LogP contribution in [0, 0.1) is 5.82 Å². The van der Waals surface area contributed by atoms with Crippen LogP contribution in [-0.2, 0) is 16.6 Å². The first-order chi connectivity index (χ1) is 15.7. The molecule has 0 bridgehead atoms. The first kappa shape index (κ1) is 23.1. The molecule has 0 unspecified atom stereocenters. The van der Waals surface area contributed by atoms with Gasteiger partial charge >= 0.3 is 0 Å². The molecular weight excluding hydrogens is 441 g/mol. The summed E-state index contributed by atoms with van der Waals surface area (Å²) in [6.07, 6.45) is 1.88. The maximum absolute atomic E-state index is 13.1. The van der Waals surface area contributed by atoms with Crippen LogP contribution in [0.2, 0.25) is 0 Å². The van der Waals surface area contributed by atoms with Crippen molar-refractivity contribution in [2.75, 3.05) is 18.4 Å². The predicted molar refractivity (Wildman–Crippen MR) is 126 cm³/mol. The highest BCUT2D eigenvalue weighted by atomic mass is 32.1. The molecule has 0 saturated carbocycles. The Kier molecular flexibility index (Phi) is 6.60. The lowest BCUT2D eigenvalue weighted by Gasteiger charge is -2.31. The molecule has 1 aliphatic heterocycles. The van der Waals surface area contributed by atoms with Crippen molar-refractivity contribution >= 4 is 29.0 Å². The van der Waals surface area contributed by atoms with Gasteiger partial charge in [-0.2, -0.15) is 5.10 Å². The number of likely N-dealkylation sites (tertiary alicyclic amines) is 1. The van der Waals surface area contributed by atoms with Gasteiger partial charge in [0.1, 0.15) is 11.5 Å². The van der Waals surface area contributed by atoms with Gasteiger partial charge in [0.25, 0.3) is 5.91 Å². The normalized spacial score (nSPS) is 15.0.